The second-order valence-corrected chi connectivity index (χ2v) is 8.03. The molecule has 2 aromatic carbocycles. The van der Waals surface area contributed by atoms with Gasteiger partial charge in [-0.3, -0.25) is 14.9 Å². The molecule has 1 aliphatic carbocycles. The summed E-state index contributed by atoms with van der Waals surface area (Å²) in [4.78, 5) is 17.7. The monoisotopic (exact) mass is 410 g/mol. The summed E-state index contributed by atoms with van der Waals surface area (Å²) in [6.07, 6.45) is 5.73. The molecule has 0 saturated heterocycles. The number of aromatic nitrogens is 3. The largest absolute Gasteiger partial charge is 0.358 e. The van der Waals surface area contributed by atoms with Crippen LogP contribution < -0.4 is 5.32 Å². The maximum absolute atomic E-state index is 14.0. The molecule has 2 aliphatic rings. The lowest BCUT2D eigenvalue weighted by molar-refractivity contribution is -0.116. The minimum Gasteiger partial charge on any atom is -0.358 e. The number of carbonyl (C=O) groups is 1. The number of hydrogen-bond acceptors (Lipinski definition) is 4. The van der Waals surface area contributed by atoms with Crippen LogP contribution in [-0.2, 0) is 4.79 Å². The lowest BCUT2D eigenvalue weighted by Gasteiger charge is -2.34. The molecule has 3 heterocycles. The van der Waals surface area contributed by atoms with Gasteiger partial charge in [0.25, 0.3) is 0 Å². The smallest absolute Gasteiger partial charge is 0.161 e. The van der Waals surface area contributed by atoms with Crippen molar-refractivity contribution in [3.05, 3.63) is 89.1 Å². The van der Waals surface area contributed by atoms with Crippen LogP contribution in [0.25, 0.3) is 22.2 Å². The summed E-state index contributed by atoms with van der Waals surface area (Å²) >= 11 is 0. The normalized spacial score (nSPS) is 18.0. The average molecular weight is 410 g/mol. The first-order valence-corrected chi connectivity index (χ1v) is 10.4. The molecular formula is C25H19FN4O. The second-order valence-electron chi connectivity index (χ2n) is 8.03. The Bertz CT molecular complexity index is 1390. The number of carbonyl (C=O) groups excluding carboxylic acids is 1. The fourth-order valence-corrected chi connectivity index (χ4v) is 4.93. The number of Topliss-reactive ketones (excluding diaryl/α,β-unsaturated/α-hetero) is 1. The summed E-state index contributed by atoms with van der Waals surface area (Å²) in [5.41, 5.74) is 6.92. The molecular weight excluding hydrogens is 391 g/mol. The van der Waals surface area contributed by atoms with Crippen LogP contribution in [0.5, 0.6) is 0 Å². The quantitative estimate of drug-likeness (QED) is 0.469. The van der Waals surface area contributed by atoms with Crippen molar-refractivity contribution in [1.29, 1.82) is 0 Å². The van der Waals surface area contributed by atoms with E-state index >= 15 is 0 Å². The number of nitrogens with one attached hydrogen (secondary N) is 2. The van der Waals surface area contributed by atoms with E-state index in [-0.39, 0.29) is 17.5 Å². The van der Waals surface area contributed by atoms with E-state index in [1.807, 2.05) is 30.3 Å². The molecule has 0 unspecified atom stereocenters. The third kappa shape index (κ3) is 2.79. The van der Waals surface area contributed by atoms with Crippen molar-refractivity contribution in [3.63, 3.8) is 0 Å². The fourth-order valence-electron chi connectivity index (χ4n) is 4.93. The van der Waals surface area contributed by atoms with Gasteiger partial charge in [0.2, 0.25) is 0 Å². The third-order valence-electron chi connectivity index (χ3n) is 6.24. The van der Waals surface area contributed by atoms with Crippen LogP contribution in [-0.4, -0.2) is 21.0 Å². The number of ketones is 1. The highest BCUT2D eigenvalue weighted by Crippen LogP contribution is 2.49. The Hall–Kier alpha value is -3.80. The van der Waals surface area contributed by atoms with Gasteiger partial charge in [0.1, 0.15) is 5.82 Å². The van der Waals surface area contributed by atoms with Gasteiger partial charge in [0, 0.05) is 52.0 Å². The van der Waals surface area contributed by atoms with Crippen molar-refractivity contribution >= 4 is 22.4 Å². The van der Waals surface area contributed by atoms with Crippen molar-refractivity contribution in [2.75, 3.05) is 5.32 Å². The summed E-state index contributed by atoms with van der Waals surface area (Å²) in [5, 5.41) is 11.9. The van der Waals surface area contributed by atoms with Crippen LogP contribution in [0.4, 0.5) is 10.1 Å². The number of aromatic amines is 1. The summed E-state index contributed by atoms with van der Waals surface area (Å²) < 4.78 is 14.0. The number of H-pyrrole nitrogens is 1. The van der Waals surface area contributed by atoms with Crippen LogP contribution in [0.1, 0.15) is 36.3 Å². The molecule has 4 aromatic rings. The summed E-state index contributed by atoms with van der Waals surface area (Å²) in [6, 6.07) is 14.4. The number of allylic oxidation sites excluding steroid dienone is 2. The lowest BCUT2D eigenvalue weighted by Crippen LogP contribution is -2.27. The molecule has 2 N–H and O–H groups in total. The summed E-state index contributed by atoms with van der Waals surface area (Å²) in [7, 11) is 0. The van der Waals surface area contributed by atoms with Crippen LogP contribution in [0.3, 0.4) is 0 Å². The number of halogens is 1. The molecule has 0 amide bonds. The van der Waals surface area contributed by atoms with Gasteiger partial charge in [0.05, 0.1) is 17.4 Å². The Morgan fingerprint density at radius 1 is 1.06 bits per heavy atom. The summed E-state index contributed by atoms with van der Waals surface area (Å²) in [5.74, 6) is -0.465. The molecule has 1 aliphatic heterocycles. The van der Waals surface area contributed by atoms with E-state index in [1.54, 1.807) is 18.5 Å². The van der Waals surface area contributed by atoms with Gasteiger partial charge in [0.15, 0.2) is 5.78 Å². The Morgan fingerprint density at radius 2 is 2.00 bits per heavy atom. The predicted molar refractivity (Wildman–Crippen MR) is 117 cm³/mol. The van der Waals surface area contributed by atoms with E-state index < -0.39 is 0 Å². The number of fused-ring (bicyclic) bond motifs is 3. The molecule has 5 nitrogen and oxygen atoms in total. The van der Waals surface area contributed by atoms with Crippen LogP contribution in [0, 0.1) is 5.82 Å². The first-order chi connectivity index (χ1) is 15.2. The van der Waals surface area contributed by atoms with E-state index in [9.17, 15) is 9.18 Å². The molecule has 0 radical (unpaired) electrons. The Balaban J connectivity index is 1.66. The molecule has 152 valence electrons. The Labute approximate surface area is 178 Å². The van der Waals surface area contributed by atoms with Gasteiger partial charge in [-0.1, -0.05) is 18.2 Å². The topological polar surface area (TPSA) is 70.7 Å². The molecule has 1 atom stereocenters. The minimum absolute atomic E-state index is 0.150. The molecule has 6 rings (SSSR count). The molecule has 0 saturated carbocycles. The highest BCUT2D eigenvalue weighted by atomic mass is 19.1. The molecule has 0 fully saturated rings. The number of rotatable bonds is 2. The highest BCUT2D eigenvalue weighted by Gasteiger charge is 2.38. The molecule has 2 aromatic heterocycles. The first-order valence-electron chi connectivity index (χ1n) is 10.4. The standard InChI is InChI=1S/C25H19FN4O/c26-15-5-1-4-14(12-15)25-17(13-28-30-25)23-22-16-6-3-11-27-18(16)9-10-20(22)29-19-7-2-8-21(31)24(19)23/h1,3-6,9-13,23,29H,2,7-8H2,(H,28,30)/t23-/m1/s1. The number of hydrogen-bond donors (Lipinski definition) is 2. The maximum Gasteiger partial charge on any atom is 0.161 e. The zero-order valence-corrected chi connectivity index (χ0v) is 16.7. The molecule has 0 spiro atoms. The Kier molecular flexibility index (Phi) is 3.99. The number of benzene rings is 2. The van der Waals surface area contributed by atoms with Crippen LogP contribution in [0.2, 0.25) is 0 Å². The Morgan fingerprint density at radius 3 is 2.90 bits per heavy atom. The van der Waals surface area contributed by atoms with Crippen molar-refractivity contribution in [2.45, 2.75) is 25.2 Å². The number of anilines is 1. The van der Waals surface area contributed by atoms with Gasteiger partial charge in [-0.25, -0.2) is 4.39 Å². The lowest BCUT2D eigenvalue weighted by atomic mass is 9.74. The van der Waals surface area contributed by atoms with Crippen molar-refractivity contribution in [2.24, 2.45) is 0 Å². The number of nitrogens with zero attached hydrogens (tertiary/aromatic N) is 2. The average Bonchev–Trinajstić information content (AvgIpc) is 3.27. The van der Waals surface area contributed by atoms with Gasteiger partial charge < -0.3 is 5.32 Å². The minimum atomic E-state index is -0.313. The second kappa shape index (κ2) is 6.87. The maximum atomic E-state index is 14.0. The third-order valence-corrected chi connectivity index (χ3v) is 6.24. The fraction of sp³-hybridized carbons (Fsp3) is 0.160. The zero-order valence-electron chi connectivity index (χ0n) is 16.7. The van der Waals surface area contributed by atoms with Crippen molar-refractivity contribution in [1.82, 2.24) is 15.2 Å². The van der Waals surface area contributed by atoms with Gasteiger partial charge in [-0.05, 0) is 48.7 Å². The van der Waals surface area contributed by atoms with Crippen LogP contribution in [0.15, 0.2) is 72.2 Å². The van der Waals surface area contributed by atoms with E-state index in [0.29, 0.717) is 12.0 Å². The SMILES string of the molecule is O=C1CCCC2=C1[C@H](c1cn[nH]c1-c1cccc(F)c1)c1c(ccc3ncccc13)N2. The van der Waals surface area contributed by atoms with Gasteiger partial charge >= 0.3 is 0 Å². The van der Waals surface area contributed by atoms with Gasteiger partial charge in [-0.15, -0.1) is 0 Å². The van der Waals surface area contributed by atoms with E-state index in [2.05, 4.69) is 20.5 Å². The molecule has 6 heteroatoms. The van der Waals surface area contributed by atoms with Crippen LogP contribution >= 0.6 is 0 Å². The van der Waals surface area contributed by atoms with Crippen molar-refractivity contribution < 1.29 is 9.18 Å². The molecule has 31 heavy (non-hydrogen) atoms. The van der Waals surface area contributed by atoms with Gasteiger partial charge in [-0.2, -0.15) is 5.10 Å². The van der Waals surface area contributed by atoms with Crippen molar-refractivity contribution in [3.8, 4) is 11.3 Å². The number of pyridine rings is 1. The van der Waals surface area contributed by atoms with E-state index in [0.717, 1.165) is 57.5 Å². The van der Waals surface area contributed by atoms with E-state index in [4.69, 9.17) is 0 Å². The van der Waals surface area contributed by atoms with E-state index in [1.165, 1.54) is 12.1 Å². The zero-order chi connectivity index (χ0) is 20.9. The predicted octanol–water partition coefficient (Wildman–Crippen LogP) is 5.33. The highest BCUT2D eigenvalue weighted by molar-refractivity contribution is 6.04. The molecule has 0 bridgehead atoms. The summed E-state index contributed by atoms with van der Waals surface area (Å²) in [6.45, 7) is 0. The first kappa shape index (κ1) is 18.0.